The van der Waals surface area contributed by atoms with Gasteiger partial charge in [-0.05, 0) is 12.8 Å². The van der Waals surface area contributed by atoms with E-state index in [1.807, 2.05) is 4.90 Å². The maximum Gasteiger partial charge on any atom is 1.00 e. The molecule has 0 fully saturated rings. The first-order chi connectivity index (χ1) is 5.72. The molecule has 0 aliphatic heterocycles. The fourth-order valence-corrected chi connectivity index (χ4v) is 1.18. The molecule has 0 amide bonds. The van der Waals surface area contributed by atoms with Crippen molar-refractivity contribution in [3.05, 3.63) is 0 Å². The molecule has 0 bridgehead atoms. The summed E-state index contributed by atoms with van der Waals surface area (Å²) in [6, 6.07) is 0. The van der Waals surface area contributed by atoms with Crippen molar-refractivity contribution in [2.45, 2.75) is 12.8 Å². The normalized spacial score (nSPS) is 9.08. The molecule has 0 saturated carbocycles. The molecule has 6 heteroatoms. The van der Waals surface area contributed by atoms with Gasteiger partial charge in [0.05, 0.1) is 0 Å². The number of hydrogen-bond acceptors (Lipinski definition) is 4. The summed E-state index contributed by atoms with van der Waals surface area (Å²) in [5.74, 6) is 0. The molecule has 0 unspecified atom stereocenters. The Bertz CT molecular complexity index is 130. The summed E-state index contributed by atoms with van der Waals surface area (Å²) in [7, 11) is 0. The maximum atomic E-state index is 8.57. The molecular formula is C7H14CsNO2S2. The number of aliphatic hydroxyl groups is 2. The molecule has 0 atom stereocenters. The van der Waals surface area contributed by atoms with Crippen LogP contribution >= 0.6 is 12.2 Å². The standard InChI is InChI=1S/C7H15NO2S2.Cs/c9-5-1-3-8(7(11)12)4-2-6-10;/h9-10H,1-6H2,(H,11,12);/q;+1/p-1. The fraction of sp³-hybridized carbons (Fsp3) is 0.857. The van der Waals surface area contributed by atoms with Crippen LogP contribution in [0.3, 0.4) is 0 Å². The van der Waals surface area contributed by atoms with Crippen LogP contribution in [0.25, 0.3) is 0 Å². The molecule has 0 aliphatic rings. The molecule has 0 aromatic heterocycles. The number of thiocarbonyl (C=S) groups is 1. The van der Waals surface area contributed by atoms with Crippen LogP contribution in [0.15, 0.2) is 0 Å². The summed E-state index contributed by atoms with van der Waals surface area (Å²) in [4.78, 5) is 1.82. The summed E-state index contributed by atoms with van der Waals surface area (Å²) in [5, 5.41) is 17.1. The minimum Gasteiger partial charge on any atom is -0.411 e. The van der Waals surface area contributed by atoms with Crippen molar-refractivity contribution in [1.82, 2.24) is 4.90 Å². The van der Waals surface area contributed by atoms with E-state index in [9.17, 15) is 0 Å². The van der Waals surface area contributed by atoms with Crippen LogP contribution in [0.5, 0.6) is 0 Å². The first-order valence-electron chi connectivity index (χ1n) is 3.90. The minimum atomic E-state index is 0. The van der Waals surface area contributed by atoms with E-state index in [0.717, 1.165) is 0 Å². The van der Waals surface area contributed by atoms with Gasteiger partial charge < -0.3 is 40.0 Å². The van der Waals surface area contributed by atoms with E-state index in [1.54, 1.807) is 0 Å². The fourth-order valence-electron chi connectivity index (χ4n) is 0.818. The zero-order chi connectivity index (χ0) is 9.40. The molecule has 0 aromatic carbocycles. The van der Waals surface area contributed by atoms with Crippen molar-refractivity contribution in [2.24, 2.45) is 0 Å². The third-order valence-corrected chi connectivity index (χ3v) is 1.95. The van der Waals surface area contributed by atoms with Crippen molar-refractivity contribution in [1.29, 1.82) is 0 Å². The Hall–Kier alpha value is 2.08. The van der Waals surface area contributed by atoms with Crippen LogP contribution in [0.4, 0.5) is 0 Å². The van der Waals surface area contributed by atoms with Crippen molar-refractivity contribution in [3.63, 3.8) is 0 Å². The van der Waals surface area contributed by atoms with Gasteiger partial charge in [0.15, 0.2) is 0 Å². The Kier molecular flexibility index (Phi) is 16.3. The van der Waals surface area contributed by atoms with Crippen molar-refractivity contribution in [3.8, 4) is 0 Å². The van der Waals surface area contributed by atoms with Crippen LogP contribution in [-0.4, -0.2) is 45.7 Å². The Morgan fingerprint density at radius 1 is 1.15 bits per heavy atom. The summed E-state index contributed by atoms with van der Waals surface area (Å²) in [5.41, 5.74) is 0. The van der Waals surface area contributed by atoms with Crippen molar-refractivity contribution in [2.75, 3.05) is 26.3 Å². The summed E-state index contributed by atoms with van der Waals surface area (Å²) in [6.45, 7) is 1.65. The smallest absolute Gasteiger partial charge is 0.411 e. The quantitative estimate of drug-likeness (QED) is 0.396. The molecule has 0 aromatic rings. The number of hydrogen-bond donors (Lipinski definition) is 2. The van der Waals surface area contributed by atoms with Gasteiger partial charge >= 0.3 is 68.9 Å². The second-order valence-corrected chi connectivity index (χ2v) is 3.44. The molecule has 0 spiro atoms. The summed E-state index contributed by atoms with van der Waals surface area (Å²) < 4.78 is 0.414. The van der Waals surface area contributed by atoms with Crippen LogP contribution < -0.4 is 68.9 Å². The largest absolute Gasteiger partial charge is 1.00 e. The van der Waals surface area contributed by atoms with E-state index in [-0.39, 0.29) is 82.1 Å². The third-order valence-electron chi connectivity index (χ3n) is 1.43. The second kappa shape index (κ2) is 12.2. The van der Waals surface area contributed by atoms with Crippen LogP contribution in [0.1, 0.15) is 12.8 Å². The van der Waals surface area contributed by atoms with Crippen molar-refractivity contribution >= 4 is 29.2 Å². The number of aliphatic hydroxyl groups excluding tert-OH is 2. The van der Waals surface area contributed by atoms with E-state index >= 15 is 0 Å². The van der Waals surface area contributed by atoms with Crippen LogP contribution in [0, 0.1) is 0 Å². The van der Waals surface area contributed by atoms with E-state index in [0.29, 0.717) is 30.3 Å². The molecule has 13 heavy (non-hydrogen) atoms. The molecule has 3 nitrogen and oxygen atoms in total. The van der Waals surface area contributed by atoms with Gasteiger partial charge in [-0.15, -0.1) is 0 Å². The van der Waals surface area contributed by atoms with Gasteiger partial charge in [0.1, 0.15) is 0 Å². The molecule has 0 saturated heterocycles. The average molecular weight is 341 g/mol. The molecule has 0 heterocycles. The van der Waals surface area contributed by atoms with Gasteiger partial charge in [-0.3, -0.25) is 0 Å². The Labute approximate surface area is 149 Å². The van der Waals surface area contributed by atoms with E-state index in [4.69, 9.17) is 35.1 Å². The first kappa shape index (κ1) is 17.5. The molecule has 2 N–H and O–H groups in total. The number of rotatable bonds is 6. The number of nitrogens with zero attached hydrogens (tertiary/aromatic N) is 1. The van der Waals surface area contributed by atoms with Crippen LogP contribution in [0.2, 0.25) is 0 Å². The van der Waals surface area contributed by atoms with Gasteiger partial charge in [0.2, 0.25) is 0 Å². The Morgan fingerprint density at radius 3 is 1.77 bits per heavy atom. The molecule has 0 radical (unpaired) electrons. The molecular weight excluding hydrogens is 327 g/mol. The van der Waals surface area contributed by atoms with E-state index in [1.165, 1.54) is 0 Å². The maximum absolute atomic E-state index is 8.57. The Morgan fingerprint density at radius 2 is 1.54 bits per heavy atom. The van der Waals surface area contributed by atoms with Crippen molar-refractivity contribution < 1.29 is 79.1 Å². The van der Waals surface area contributed by atoms with E-state index < -0.39 is 0 Å². The topological polar surface area (TPSA) is 43.7 Å². The van der Waals surface area contributed by atoms with Gasteiger partial charge in [0.25, 0.3) is 0 Å². The second-order valence-electron chi connectivity index (χ2n) is 2.41. The summed E-state index contributed by atoms with van der Waals surface area (Å²) in [6.07, 6.45) is 1.34. The van der Waals surface area contributed by atoms with Gasteiger partial charge in [-0.2, -0.15) is 0 Å². The van der Waals surface area contributed by atoms with Gasteiger partial charge in [0, 0.05) is 26.3 Å². The van der Waals surface area contributed by atoms with Crippen LogP contribution in [-0.2, 0) is 12.6 Å². The zero-order valence-corrected chi connectivity index (χ0v) is 15.8. The summed E-state index contributed by atoms with van der Waals surface area (Å²) >= 11 is 9.64. The molecule has 0 rings (SSSR count). The Balaban J connectivity index is 0. The zero-order valence-electron chi connectivity index (χ0n) is 7.90. The molecule has 0 aliphatic carbocycles. The third kappa shape index (κ3) is 10.4. The molecule has 72 valence electrons. The monoisotopic (exact) mass is 341 g/mol. The van der Waals surface area contributed by atoms with Gasteiger partial charge in [-0.1, -0.05) is 4.32 Å². The SMILES string of the molecule is OCCCN(CCCO)C(=S)[S-].[Cs+]. The predicted octanol–water partition coefficient (Wildman–Crippen LogP) is -3.11. The average Bonchev–Trinajstić information content (AvgIpc) is 2.04. The predicted molar refractivity (Wildman–Crippen MR) is 54.9 cm³/mol. The first-order valence-corrected chi connectivity index (χ1v) is 4.71. The minimum absolute atomic E-state index is 0. The van der Waals surface area contributed by atoms with Gasteiger partial charge in [-0.25, -0.2) is 0 Å². The van der Waals surface area contributed by atoms with E-state index in [2.05, 4.69) is 0 Å².